The van der Waals surface area contributed by atoms with Gasteiger partial charge in [-0.2, -0.15) is 0 Å². The van der Waals surface area contributed by atoms with E-state index in [0.717, 1.165) is 0 Å². The Bertz CT molecular complexity index is 578. The first-order valence-electron chi connectivity index (χ1n) is 5.46. The molecule has 0 radical (unpaired) electrons. The van der Waals surface area contributed by atoms with E-state index >= 15 is 0 Å². The number of carbonyl (C=O) groups is 1. The van der Waals surface area contributed by atoms with Crippen molar-refractivity contribution in [1.29, 1.82) is 0 Å². The summed E-state index contributed by atoms with van der Waals surface area (Å²) in [6.45, 7) is -0.153. The summed E-state index contributed by atoms with van der Waals surface area (Å²) < 4.78 is 0. The second-order valence-electron chi connectivity index (χ2n) is 4.01. The minimum Gasteiger partial charge on any atom is -0.477 e. The Morgan fingerprint density at radius 2 is 2.00 bits per heavy atom. The summed E-state index contributed by atoms with van der Waals surface area (Å²) in [6.07, 6.45) is -2.54. The lowest BCUT2D eigenvalue weighted by Gasteiger charge is -2.16. The molecule has 6 heteroatoms. The molecule has 2 rings (SSSR count). The third kappa shape index (κ3) is 1.97. The lowest BCUT2D eigenvalue weighted by Crippen LogP contribution is -2.28. The number of hydrogen-bond acceptors (Lipinski definition) is 4. The summed E-state index contributed by atoms with van der Waals surface area (Å²) in [7, 11) is 0. The molecule has 0 aliphatic rings. The summed E-state index contributed by atoms with van der Waals surface area (Å²) in [6, 6.07) is 6.86. The zero-order valence-corrected chi connectivity index (χ0v) is 9.50. The van der Waals surface area contributed by atoms with Crippen LogP contribution in [0.25, 0.3) is 10.9 Å². The summed E-state index contributed by atoms with van der Waals surface area (Å²) in [4.78, 5) is 13.9. The zero-order valence-electron chi connectivity index (χ0n) is 9.50. The van der Waals surface area contributed by atoms with E-state index in [1.54, 1.807) is 24.3 Å². The lowest BCUT2D eigenvalue weighted by molar-refractivity contribution is 0.0240. The number of aromatic nitrogens is 1. The quantitative estimate of drug-likeness (QED) is 0.531. The molecule has 0 fully saturated rings. The third-order valence-corrected chi connectivity index (χ3v) is 2.86. The number of hydrogen-bond donors (Lipinski definition) is 5. The average molecular weight is 250 g/mol. The van der Waals surface area contributed by atoms with Gasteiger partial charge in [0.2, 0.25) is 0 Å². The molecule has 1 aromatic carbocycles. The number of para-hydroxylation sites is 1. The van der Waals surface area contributed by atoms with Gasteiger partial charge >= 0.3 is 5.97 Å². The van der Waals surface area contributed by atoms with Gasteiger partial charge in [0.1, 0.15) is 11.8 Å². The van der Waals surface area contributed by atoms with E-state index in [1.807, 2.05) is 0 Å². The molecule has 2 atom stereocenters. The molecular formula is C12H14N2O4. The summed E-state index contributed by atoms with van der Waals surface area (Å²) >= 11 is 0. The zero-order chi connectivity index (χ0) is 13.3. The molecule has 6 nitrogen and oxygen atoms in total. The van der Waals surface area contributed by atoms with Crippen LogP contribution < -0.4 is 5.73 Å². The Balaban J connectivity index is 2.65. The highest BCUT2D eigenvalue weighted by Gasteiger charge is 2.27. The van der Waals surface area contributed by atoms with Crippen molar-refractivity contribution in [2.24, 2.45) is 5.73 Å². The van der Waals surface area contributed by atoms with Gasteiger partial charge in [0.05, 0.1) is 6.10 Å². The van der Waals surface area contributed by atoms with Gasteiger partial charge in [-0.3, -0.25) is 0 Å². The molecule has 0 amide bonds. The first kappa shape index (κ1) is 12.6. The van der Waals surface area contributed by atoms with Crippen LogP contribution in [0.15, 0.2) is 24.3 Å². The van der Waals surface area contributed by atoms with Gasteiger partial charge in [0, 0.05) is 23.0 Å². The maximum Gasteiger partial charge on any atom is 0.352 e. The molecule has 0 saturated carbocycles. The van der Waals surface area contributed by atoms with Gasteiger partial charge in [0.25, 0.3) is 0 Å². The molecule has 0 saturated heterocycles. The largest absolute Gasteiger partial charge is 0.477 e. The van der Waals surface area contributed by atoms with Crippen LogP contribution in [0.3, 0.4) is 0 Å². The van der Waals surface area contributed by atoms with Crippen molar-refractivity contribution in [2.75, 3.05) is 6.54 Å². The summed E-state index contributed by atoms with van der Waals surface area (Å²) in [5.74, 6) is -1.19. The standard InChI is InChI=1S/C12H14N2O4/c13-5-8(15)11(16)9-6-3-1-2-4-7(6)14-10(9)12(17)18/h1-4,8,11,14-16H,5,13H2,(H,17,18). The molecule has 2 unspecified atom stereocenters. The first-order valence-corrected chi connectivity index (χ1v) is 5.46. The number of fused-ring (bicyclic) bond motifs is 1. The molecule has 0 aliphatic heterocycles. The molecule has 0 spiro atoms. The van der Waals surface area contributed by atoms with Crippen LogP contribution in [-0.4, -0.2) is 38.9 Å². The van der Waals surface area contributed by atoms with Gasteiger partial charge in [-0.1, -0.05) is 18.2 Å². The van der Waals surface area contributed by atoms with Crippen molar-refractivity contribution < 1.29 is 20.1 Å². The van der Waals surface area contributed by atoms with Crippen molar-refractivity contribution in [1.82, 2.24) is 4.98 Å². The van der Waals surface area contributed by atoms with Crippen LogP contribution in [0.1, 0.15) is 22.2 Å². The van der Waals surface area contributed by atoms with Crippen molar-refractivity contribution in [3.63, 3.8) is 0 Å². The Morgan fingerprint density at radius 1 is 1.33 bits per heavy atom. The van der Waals surface area contributed by atoms with Gasteiger partial charge < -0.3 is 26.0 Å². The highest BCUT2D eigenvalue weighted by molar-refractivity contribution is 5.97. The number of carboxylic acids is 1. The van der Waals surface area contributed by atoms with E-state index in [-0.39, 0.29) is 17.8 Å². The summed E-state index contributed by atoms with van der Waals surface area (Å²) in [5.41, 5.74) is 5.91. The van der Waals surface area contributed by atoms with Gasteiger partial charge in [-0.15, -0.1) is 0 Å². The first-order chi connectivity index (χ1) is 8.56. The van der Waals surface area contributed by atoms with E-state index in [1.165, 1.54) is 0 Å². The number of benzene rings is 1. The van der Waals surface area contributed by atoms with Crippen LogP contribution in [0.2, 0.25) is 0 Å². The van der Waals surface area contributed by atoms with Crippen molar-refractivity contribution in [2.45, 2.75) is 12.2 Å². The van der Waals surface area contributed by atoms with Crippen LogP contribution in [0.4, 0.5) is 0 Å². The Labute approximate surface area is 103 Å². The molecular weight excluding hydrogens is 236 g/mol. The number of aliphatic hydroxyl groups excluding tert-OH is 2. The SMILES string of the molecule is NCC(O)C(O)c1c(C(=O)O)[nH]c2ccccc12. The number of nitrogens with two attached hydrogens (primary N) is 1. The maximum absolute atomic E-state index is 11.2. The van der Waals surface area contributed by atoms with Gasteiger partial charge in [-0.05, 0) is 6.07 Å². The third-order valence-electron chi connectivity index (χ3n) is 2.86. The topological polar surface area (TPSA) is 120 Å². The molecule has 1 heterocycles. The number of aromatic carboxylic acids is 1. The van der Waals surface area contributed by atoms with E-state index in [4.69, 9.17) is 10.8 Å². The fourth-order valence-corrected chi connectivity index (χ4v) is 1.96. The molecule has 2 aromatic rings. The Hall–Kier alpha value is -1.89. The molecule has 1 aromatic heterocycles. The smallest absolute Gasteiger partial charge is 0.352 e. The fourth-order valence-electron chi connectivity index (χ4n) is 1.96. The number of rotatable bonds is 4. The van der Waals surface area contributed by atoms with Gasteiger partial charge in [-0.25, -0.2) is 4.79 Å². The lowest BCUT2D eigenvalue weighted by atomic mass is 10.0. The van der Waals surface area contributed by atoms with Gasteiger partial charge in [0.15, 0.2) is 0 Å². The number of H-pyrrole nitrogens is 1. The number of nitrogens with one attached hydrogen (secondary N) is 1. The number of carboxylic acid groups (broad SMARTS) is 1. The van der Waals surface area contributed by atoms with Crippen molar-refractivity contribution in [3.05, 3.63) is 35.5 Å². The molecule has 96 valence electrons. The minimum atomic E-state index is -1.34. The molecule has 0 bridgehead atoms. The van der Waals surface area contributed by atoms with Crippen LogP contribution in [-0.2, 0) is 0 Å². The monoisotopic (exact) mass is 250 g/mol. The highest BCUT2D eigenvalue weighted by Crippen LogP contribution is 2.29. The summed E-state index contributed by atoms with van der Waals surface area (Å²) in [5, 5.41) is 29.3. The Kier molecular flexibility index (Phi) is 3.33. The van der Waals surface area contributed by atoms with Crippen LogP contribution in [0, 0.1) is 0 Å². The van der Waals surface area contributed by atoms with E-state index in [2.05, 4.69) is 4.98 Å². The molecule has 18 heavy (non-hydrogen) atoms. The van der Waals surface area contributed by atoms with E-state index in [0.29, 0.717) is 10.9 Å². The average Bonchev–Trinajstić information content (AvgIpc) is 2.76. The second-order valence-corrected chi connectivity index (χ2v) is 4.01. The second kappa shape index (κ2) is 4.77. The minimum absolute atomic E-state index is 0.129. The van der Waals surface area contributed by atoms with Crippen molar-refractivity contribution >= 4 is 16.9 Å². The van der Waals surface area contributed by atoms with Crippen molar-refractivity contribution in [3.8, 4) is 0 Å². The van der Waals surface area contributed by atoms with E-state index < -0.39 is 18.2 Å². The maximum atomic E-state index is 11.2. The van der Waals surface area contributed by atoms with Crippen LogP contribution >= 0.6 is 0 Å². The normalized spacial score (nSPS) is 14.6. The number of aliphatic hydroxyl groups is 2. The van der Waals surface area contributed by atoms with E-state index in [9.17, 15) is 15.0 Å². The van der Waals surface area contributed by atoms with Crippen LogP contribution in [0.5, 0.6) is 0 Å². The predicted molar refractivity (Wildman–Crippen MR) is 65.3 cm³/mol. The Morgan fingerprint density at radius 3 is 2.61 bits per heavy atom. The molecule has 0 aliphatic carbocycles. The fraction of sp³-hybridized carbons (Fsp3) is 0.250. The highest BCUT2D eigenvalue weighted by atomic mass is 16.4. The molecule has 6 N–H and O–H groups in total. The predicted octanol–water partition coefficient (Wildman–Crippen LogP) is 0.219. The number of aromatic amines is 1.